The smallest absolute Gasteiger partial charge is 0.310 e. The Hall–Kier alpha value is -1.24. The van der Waals surface area contributed by atoms with Crippen LogP contribution in [0, 0.1) is 11.8 Å². The lowest BCUT2D eigenvalue weighted by molar-refractivity contribution is -0.905. The van der Waals surface area contributed by atoms with Crippen LogP contribution < -0.4 is 57.8 Å². The van der Waals surface area contributed by atoms with Crippen molar-refractivity contribution in [1.29, 1.82) is 0 Å². The summed E-state index contributed by atoms with van der Waals surface area (Å²) >= 11 is 0. The summed E-state index contributed by atoms with van der Waals surface area (Å²) < 4.78 is 11.9. The van der Waals surface area contributed by atoms with Crippen LogP contribution in [0.5, 0.6) is 0 Å². The predicted octanol–water partition coefficient (Wildman–Crippen LogP) is -3.19. The predicted molar refractivity (Wildman–Crippen MR) is 155 cm³/mol. The molecule has 2 aliphatic heterocycles. The molecule has 3 aliphatic rings. The highest BCUT2D eigenvalue weighted by Gasteiger charge is 2.59. The summed E-state index contributed by atoms with van der Waals surface area (Å²) in [5.74, 6) is -1.66. The maximum absolute atomic E-state index is 13.7. The van der Waals surface area contributed by atoms with Crippen LogP contribution in [0.15, 0.2) is 60.7 Å². The Balaban J connectivity index is 0.00000242. The molecule has 2 N–H and O–H groups in total. The molecular formula is C34H48I2N2O4. The third-order valence-corrected chi connectivity index (χ3v) is 9.42. The number of quaternary nitrogens is 2. The van der Waals surface area contributed by atoms with Crippen LogP contribution >= 0.6 is 0 Å². The van der Waals surface area contributed by atoms with E-state index in [2.05, 4.69) is 0 Å². The minimum absolute atomic E-state index is 0. The molecule has 0 spiro atoms. The molecule has 0 atom stereocenters. The molecule has 0 unspecified atom stereocenters. The Labute approximate surface area is 286 Å². The van der Waals surface area contributed by atoms with Gasteiger partial charge in [-0.1, -0.05) is 60.7 Å². The second-order valence-electron chi connectivity index (χ2n) is 12.1. The van der Waals surface area contributed by atoms with E-state index in [0.29, 0.717) is 13.2 Å². The Morgan fingerprint density at radius 3 is 1.29 bits per heavy atom. The van der Waals surface area contributed by atoms with E-state index in [1.165, 1.54) is 64.7 Å². The summed E-state index contributed by atoms with van der Waals surface area (Å²) in [6, 6.07) is 20.0. The number of likely N-dealkylation sites (tertiary alicyclic amines) is 2. The zero-order valence-electron chi connectivity index (χ0n) is 24.8. The Bertz CT molecular complexity index is 968. The summed E-state index contributed by atoms with van der Waals surface area (Å²) in [7, 11) is 0. The minimum atomic E-state index is -0.400. The van der Waals surface area contributed by atoms with Gasteiger partial charge in [-0.2, -0.15) is 0 Å². The van der Waals surface area contributed by atoms with Gasteiger partial charge in [-0.25, -0.2) is 0 Å². The van der Waals surface area contributed by atoms with E-state index < -0.39 is 11.8 Å². The summed E-state index contributed by atoms with van der Waals surface area (Å²) in [5.41, 5.74) is 2.02. The van der Waals surface area contributed by atoms with E-state index in [9.17, 15) is 9.59 Å². The summed E-state index contributed by atoms with van der Waals surface area (Å²) in [5, 5.41) is 0. The lowest BCUT2D eigenvalue weighted by atomic mass is 9.52. The number of halogens is 2. The fourth-order valence-electron chi connectivity index (χ4n) is 7.30. The van der Waals surface area contributed by atoms with Gasteiger partial charge in [0.05, 0.1) is 64.3 Å². The summed E-state index contributed by atoms with van der Waals surface area (Å²) in [4.78, 5) is 30.6. The number of benzene rings is 2. The van der Waals surface area contributed by atoms with Crippen molar-refractivity contribution in [1.82, 2.24) is 0 Å². The zero-order valence-corrected chi connectivity index (χ0v) is 29.1. The fourth-order valence-corrected chi connectivity index (χ4v) is 7.30. The van der Waals surface area contributed by atoms with Gasteiger partial charge < -0.3 is 67.2 Å². The zero-order chi connectivity index (χ0) is 27.6. The lowest BCUT2D eigenvalue weighted by Crippen LogP contribution is -3.12. The van der Waals surface area contributed by atoms with E-state index >= 15 is 0 Å². The molecular weight excluding hydrogens is 754 g/mol. The first-order valence-corrected chi connectivity index (χ1v) is 15.8. The number of hydrogen-bond acceptors (Lipinski definition) is 4. The number of ether oxygens (including phenoxy) is 2. The lowest BCUT2D eigenvalue weighted by Gasteiger charge is -2.49. The van der Waals surface area contributed by atoms with Crippen molar-refractivity contribution >= 4 is 11.9 Å². The van der Waals surface area contributed by atoms with Gasteiger partial charge in [0, 0.05) is 24.7 Å². The molecule has 42 heavy (non-hydrogen) atoms. The highest BCUT2D eigenvalue weighted by molar-refractivity contribution is 5.85. The molecule has 2 saturated heterocycles. The van der Waals surface area contributed by atoms with Crippen molar-refractivity contribution in [2.75, 3.05) is 52.5 Å². The van der Waals surface area contributed by atoms with Gasteiger partial charge in [0.15, 0.2) is 0 Å². The number of piperidine rings is 2. The maximum atomic E-state index is 13.7. The first-order valence-electron chi connectivity index (χ1n) is 15.8. The van der Waals surface area contributed by atoms with Gasteiger partial charge in [-0.15, -0.1) is 0 Å². The molecule has 0 aromatic heterocycles. The second kappa shape index (κ2) is 18.5. The molecule has 5 rings (SSSR count). The highest BCUT2D eigenvalue weighted by Crippen LogP contribution is 2.58. The van der Waals surface area contributed by atoms with Crippen molar-refractivity contribution < 1.29 is 76.8 Å². The topological polar surface area (TPSA) is 61.5 Å². The third kappa shape index (κ3) is 9.38. The summed E-state index contributed by atoms with van der Waals surface area (Å²) in [6.07, 6.45) is 9.62. The van der Waals surface area contributed by atoms with E-state index in [0.717, 1.165) is 37.1 Å². The van der Waals surface area contributed by atoms with Gasteiger partial charge in [0.2, 0.25) is 0 Å². The van der Waals surface area contributed by atoms with E-state index in [-0.39, 0.29) is 71.7 Å². The van der Waals surface area contributed by atoms with E-state index in [1.807, 2.05) is 60.7 Å². The molecule has 8 heteroatoms. The molecule has 2 heterocycles. The molecule has 2 aromatic carbocycles. The third-order valence-electron chi connectivity index (χ3n) is 9.42. The molecule has 2 aromatic rings. The maximum Gasteiger partial charge on any atom is 0.310 e. The van der Waals surface area contributed by atoms with Crippen LogP contribution in [0.1, 0.15) is 74.3 Å². The van der Waals surface area contributed by atoms with Crippen molar-refractivity contribution in [3.63, 3.8) is 0 Å². The average molecular weight is 803 g/mol. The van der Waals surface area contributed by atoms with Crippen LogP contribution in [0.2, 0.25) is 0 Å². The van der Waals surface area contributed by atoms with Crippen LogP contribution in [0.25, 0.3) is 0 Å². The van der Waals surface area contributed by atoms with E-state index in [4.69, 9.17) is 9.47 Å². The molecule has 1 aliphatic carbocycles. The Morgan fingerprint density at radius 2 is 0.929 bits per heavy atom. The van der Waals surface area contributed by atoms with E-state index in [1.54, 1.807) is 9.80 Å². The standard InChI is InChI=1S/C34H46N2O4.2HI/c37-33(39-25-13-23-35-19-9-3-10-20-35)31-29(27-15-5-1-6-16-27)32(30(31)28-17-7-2-8-18-28)34(38)40-26-14-24-36-21-11-4-12-22-36;;/h1-2,5-8,15-18,29-32H,3-4,9-14,19-26H2;2*1H. The molecule has 0 amide bonds. The fraction of sp³-hybridized carbons (Fsp3) is 0.588. The molecule has 6 nitrogen and oxygen atoms in total. The highest BCUT2D eigenvalue weighted by atomic mass is 127. The number of nitrogens with one attached hydrogen (secondary N) is 2. The Morgan fingerprint density at radius 1 is 0.571 bits per heavy atom. The molecule has 3 fully saturated rings. The number of carbonyl (C=O) groups excluding carboxylic acids is 2. The molecule has 1 saturated carbocycles. The normalized spacial score (nSPS) is 24.4. The second-order valence-corrected chi connectivity index (χ2v) is 12.1. The van der Waals surface area contributed by atoms with Gasteiger partial charge >= 0.3 is 11.9 Å². The van der Waals surface area contributed by atoms with Crippen LogP contribution in [-0.2, 0) is 19.1 Å². The van der Waals surface area contributed by atoms with Crippen molar-refractivity contribution in [3.05, 3.63) is 71.8 Å². The number of rotatable bonds is 12. The molecule has 0 radical (unpaired) electrons. The average Bonchev–Trinajstić information content (AvgIpc) is 2.99. The SMILES string of the molecule is O=C(OCCC[NH+]1CCCCC1)C1C(c2ccccc2)C(C(=O)OCCC[NH+]2CCCCC2)C1c1ccccc1.[I-].[I-]. The van der Waals surface area contributed by atoms with Crippen LogP contribution in [0.3, 0.4) is 0 Å². The van der Waals surface area contributed by atoms with Gasteiger partial charge in [0.25, 0.3) is 0 Å². The molecule has 0 bridgehead atoms. The van der Waals surface area contributed by atoms with Crippen LogP contribution in [-0.4, -0.2) is 64.4 Å². The minimum Gasteiger partial charge on any atom is -1.00 e. The van der Waals surface area contributed by atoms with Crippen molar-refractivity contribution in [2.45, 2.75) is 63.2 Å². The first kappa shape index (κ1) is 35.2. The van der Waals surface area contributed by atoms with Gasteiger partial charge in [0.1, 0.15) is 0 Å². The van der Waals surface area contributed by atoms with Gasteiger partial charge in [-0.05, 0) is 49.7 Å². The van der Waals surface area contributed by atoms with Gasteiger partial charge in [-0.3, -0.25) is 9.59 Å². The van der Waals surface area contributed by atoms with Crippen LogP contribution in [0.4, 0.5) is 0 Å². The number of hydrogen-bond donors (Lipinski definition) is 2. The first-order chi connectivity index (χ1) is 19.7. The summed E-state index contributed by atoms with van der Waals surface area (Å²) in [6.45, 7) is 7.90. The number of carbonyl (C=O) groups is 2. The Kier molecular flexibility index (Phi) is 15.6. The largest absolute Gasteiger partial charge is 1.00 e. The van der Waals surface area contributed by atoms with Crippen molar-refractivity contribution in [3.8, 4) is 0 Å². The van der Waals surface area contributed by atoms with Crippen molar-refractivity contribution in [2.24, 2.45) is 11.8 Å². The monoisotopic (exact) mass is 802 g/mol. The molecule has 232 valence electrons. The quantitative estimate of drug-likeness (QED) is 0.135. The number of esters is 2.